The van der Waals surface area contributed by atoms with Gasteiger partial charge < -0.3 is 0 Å². The lowest BCUT2D eigenvalue weighted by Gasteiger charge is -2.09. The van der Waals surface area contributed by atoms with E-state index in [9.17, 15) is 4.79 Å². The molecule has 218 valence electrons. The summed E-state index contributed by atoms with van der Waals surface area (Å²) in [7, 11) is 0. The normalized spacial score (nSPS) is 11.1. The monoisotopic (exact) mass is 590 g/mol. The van der Waals surface area contributed by atoms with Crippen LogP contribution in [0.1, 0.15) is 0 Å². The maximum absolute atomic E-state index is 14.3. The summed E-state index contributed by atoms with van der Waals surface area (Å²) in [5.41, 5.74) is 12.3. The topological polar surface area (TPSA) is 26.9 Å². The molecule has 0 saturated heterocycles. The largest absolute Gasteiger partial charge is 0.338 e. The molecule has 1 heterocycles. The van der Waals surface area contributed by atoms with Crippen LogP contribution in [0, 0.1) is 0 Å². The Kier molecular flexibility index (Phi) is 6.97. The Balaban J connectivity index is 1.17. The predicted molar refractivity (Wildman–Crippen MR) is 191 cm³/mol. The number of imidazole rings is 1. The summed E-state index contributed by atoms with van der Waals surface area (Å²) in [5.74, 6) is 0. The molecule has 0 fully saturated rings. The van der Waals surface area contributed by atoms with Crippen LogP contribution in [0.4, 0.5) is 0 Å². The van der Waals surface area contributed by atoms with E-state index in [4.69, 9.17) is 0 Å². The third-order valence-electron chi connectivity index (χ3n) is 8.61. The first kappa shape index (κ1) is 27.4. The number of nitrogens with zero attached hydrogens (tertiary/aromatic N) is 2. The van der Waals surface area contributed by atoms with E-state index >= 15 is 0 Å². The van der Waals surface area contributed by atoms with E-state index in [-0.39, 0.29) is 5.69 Å². The maximum Gasteiger partial charge on any atom is 0.338 e. The molecule has 0 aliphatic carbocycles. The van der Waals surface area contributed by atoms with Crippen molar-refractivity contribution in [2.24, 2.45) is 0 Å². The SMILES string of the molecule is O=c1n(-c2cccc(-c3ccc(-c4ccccc4)cc3)c2)c2ccccc2n1-c1cccc(-c2ccc(-c3ccccc3)cc2)c1. The Morgan fingerprint density at radius 3 is 0.978 bits per heavy atom. The molecule has 0 N–H and O–H groups in total. The van der Waals surface area contributed by atoms with Gasteiger partial charge in [-0.25, -0.2) is 4.79 Å². The van der Waals surface area contributed by atoms with Crippen LogP contribution < -0.4 is 5.69 Å². The molecule has 46 heavy (non-hydrogen) atoms. The van der Waals surface area contributed by atoms with Crippen molar-refractivity contribution in [3.63, 3.8) is 0 Å². The average molecular weight is 591 g/mol. The minimum absolute atomic E-state index is 0.102. The highest BCUT2D eigenvalue weighted by molar-refractivity contribution is 5.82. The zero-order chi connectivity index (χ0) is 30.9. The van der Waals surface area contributed by atoms with Gasteiger partial charge in [-0.1, -0.05) is 146 Å². The van der Waals surface area contributed by atoms with Crippen molar-refractivity contribution >= 4 is 11.0 Å². The van der Waals surface area contributed by atoms with Gasteiger partial charge in [0.15, 0.2) is 0 Å². The van der Waals surface area contributed by atoms with Crippen molar-refractivity contribution in [3.05, 3.63) is 192 Å². The van der Waals surface area contributed by atoms with Gasteiger partial charge in [0.2, 0.25) is 0 Å². The Labute approximate surface area is 267 Å². The molecule has 0 saturated carbocycles. The smallest absolute Gasteiger partial charge is 0.260 e. The van der Waals surface area contributed by atoms with E-state index in [0.29, 0.717) is 0 Å². The van der Waals surface area contributed by atoms with Crippen LogP contribution in [0.2, 0.25) is 0 Å². The van der Waals surface area contributed by atoms with E-state index < -0.39 is 0 Å². The number of para-hydroxylation sites is 2. The number of aromatic nitrogens is 2. The predicted octanol–water partition coefficient (Wildman–Crippen LogP) is 10.4. The molecule has 1 aromatic heterocycles. The van der Waals surface area contributed by atoms with Gasteiger partial charge in [-0.3, -0.25) is 9.13 Å². The van der Waals surface area contributed by atoms with Crippen molar-refractivity contribution in [1.29, 1.82) is 0 Å². The lowest BCUT2D eigenvalue weighted by atomic mass is 10.00. The van der Waals surface area contributed by atoms with Crippen LogP contribution in [0.25, 0.3) is 66.9 Å². The summed E-state index contributed by atoms with van der Waals surface area (Å²) in [5, 5.41) is 0. The third-order valence-corrected chi connectivity index (χ3v) is 8.61. The summed E-state index contributed by atoms with van der Waals surface area (Å²) >= 11 is 0. The molecule has 0 unspecified atom stereocenters. The van der Waals surface area contributed by atoms with E-state index in [2.05, 4.69) is 121 Å². The van der Waals surface area contributed by atoms with Crippen molar-refractivity contribution < 1.29 is 0 Å². The van der Waals surface area contributed by atoms with Gasteiger partial charge in [-0.05, 0) is 80.9 Å². The number of hydrogen-bond acceptors (Lipinski definition) is 1. The van der Waals surface area contributed by atoms with Crippen LogP contribution in [0.5, 0.6) is 0 Å². The molecule has 0 bridgehead atoms. The van der Waals surface area contributed by atoms with E-state index in [1.165, 1.54) is 22.3 Å². The first-order chi connectivity index (χ1) is 22.7. The molecule has 3 nitrogen and oxygen atoms in total. The molecular weight excluding hydrogens is 560 g/mol. The second-order valence-corrected chi connectivity index (χ2v) is 11.4. The molecule has 3 heteroatoms. The summed E-state index contributed by atoms with van der Waals surface area (Å²) in [4.78, 5) is 14.3. The van der Waals surface area contributed by atoms with Crippen LogP contribution in [0.3, 0.4) is 0 Å². The molecule has 7 aromatic carbocycles. The first-order valence-electron chi connectivity index (χ1n) is 15.5. The van der Waals surface area contributed by atoms with E-state index in [0.717, 1.165) is 44.7 Å². The van der Waals surface area contributed by atoms with Gasteiger partial charge in [0.25, 0.3) is 0 Å². The van der Waals surface area contributed by atoms with Gasteiger partial charge in [-0.15, -0.1) is 0 Å². The first-order valence-corrected chi connectivity index (χ1v) is 15.5. The second-order valence-electron chi connectivity index (χ2n) is 11.4. The standard InChI is InChI=1S/C43H30N2O/c46-43-44(39-17-9-15-37(29-39)35-25-21-33(22-26-35)31-11-3-1-4-12-31)41-19-7-8-20-42(41)45(43)40-18-10-16-38(30-40)36-27-23-34(24-28-36)32-13-5-2-6-14-32/h1-30H. The Morgan fingerprint density at radius 2 is 0.587 bits per heavy atom. The maximum atomic E-state index is 14.3. The van der Waals surface area contributed by atoms with Gasteiger partial charge >= 0.3 is 5.69 Å². The summed E-state index contributed by atoms with van der Waals surface area (Å²) in [6.07, 6.45) is 0. The molecule has 8 rings (SSSR count). The average Bonchev–Trinajstić information content (AvgIpc) is 3.44. The second kappa shape index (κ2) is 11.7. The van der Waals surface area contributed by atoms with Gasteiger partial charge in [-0.2, -0.15) is 0 Å². The summed E-state index contributed by atoms with van der Waals surface area (Å²) in [6.45, 7) is 0. The highest BCUT2D eigenvalue weighted by Crippen LogP contribution is 2.30. The molecule has 0 atom stereocenters. The fraction of sp³-hybridized carbons (Fsp3) is 0. The Hall–Kier alpha value is -6.19. The zero-order valence-corrected chi connectivity index (χ0v) is 25.1. The number of hydrogen-bond donors (Lipinski definition) is 0. The number of fused-ring (bicyclic) bond motifs is 1. The molecule has 0 aliphatic rings. The Bertz CT molecular complexity index is 2180. The molecule has 8 aromatic rings. The minimum Gasteiger partial charge on any atom is -0.260 e. The van der Waals surface area contributed by atoms with Crippen molar-refractivity contribution in [3.8, 4) is 55.9 Å². The quantitative estimate of drug-likeness (QED) is 0.189. The van der Waals surface area contributed by atoms with Gasteiger partial charge in [0.05, 0.1) is 22.4 Å². The highest BCUT2D eigenvalue weighted by Gasteiger charge is 2.17. The van der Waals surface area contributed by atoms with E-state index in [1.54, 1.807) is 0 Å². The molecular formula is C43H30N2O. The highest BCUT2D eigenvalue weighted by atomic mass is 16.1. The van der Waals surface area contributed by atoms with Crippen molar-refractivity contribution in [2.75, 3.05) is 0 Å². The fourth-order valence-corrected chi connectivity index (χ4v) is 6.27. The molecule has 0 radical (unpaired) electrons. The fourth-order valence-electron chi connectivity index (χ4n) is 6.27. The van der Waals surface area contributed by atoms with Gasteiger partial charge in [0.1, 0.15) is 0 Å². The van der Waals surface area contributed by atoms with Crippen molar-refractivity contribution in [1.82, 2.24) is 9.13 Å². The summed E-state index contributed by atoms with van der Waals surface area (Å²) < 4.78 is 3.64. The molecule has 0 aliphatic heterocycles. The van der Waals surface area contributed by atoms with E-state index in [1.807, 2.05) is 69.8 Å². The van der Waals surface area contributed by atoms with Crippen LogP contribution in [0.15, 0.2) is 187 Å². The van der Waals surface area contributed by atoms with Crippen LogP contribution >= 0.6 is 0 Å². The third kappa shape index (κ3) is 5.04. The van der Waals surface area contributed by atoms with Gasteiger partial charge in [0, 0.05) is 0 Å². The number of rotatable bonds is 6. The molecule has 0 spiro atoms. The summed E-state index contributed by atoms with van der Waals surface area (Å²) in [6, 6.07) is 62.4. The van der Waals surface area contributed by atoms with Crippen LogP contribution in [-0.4, -0.2) is 9.13 Å². The van der Waals surface area contributed by atoms with Crippen molar-refractivity contribution in [2.45, 2.75) is 0 Å². The zero-order valence-electron chi connectivity index (χ0n) is 25.1. The Morgan fingerprint density at radius 1 is 0.283 bits per heavy atom. The minimum atomic E-state index is -0.102. The lowest BCUT2D eigenvalue weighted by molar-refractivity contribution is 0.931. The number of benzene rings is 7. The molecule has 0 amide bonds. The van der Waals surface area contributed by atoms with Crippen LogP contribution in [-0.2, 0) is 0 Å². The lowest BCUT2D eigenvalue weighted by Crippen LogP contribution is -2.22.